The molecule has 0 aliphatic heterocycles. The van der Waals surface area contributed by atoms with Gasteiger partial charge in [-0.15, -0.1) is 0 Å². The van der Waals surface area contributed by atoms with E-state index in [1.54, 1.807) is 6.26 Å². The fourth-order valence-electron chi connectivity index (χ4n) is 2.07. The second-order valence-corrected chi connectivity index (χ2v) is 4.10. The molecule has 1 atom stereocenters. The molecule has 0 radical (unpaired) electrons. The molecule has 2 aliphatic carbocycles. The maximum atomic E-state index is 6.03. The van der Waals surface area contributed by atoms with Gasteiger partial charge in [-0.25, -0.2) is 0 Å². The summed E-state index contributed by atoms with van der Waals surface area (Å²) in [6, 6.07) is 2.03. The van der Waals surface area contributed by atoms with Crippen molar-refractivity contribution in [2.24, 2.45) is 0 Å². The normalized spacial score (nSPS) is 23.6. The van der Waals surface area contributed by atoms with Crippen LogP contribution in [0.3, 0.4) is 0 Å². The highest BCUT2D eigenvalue weighted by molar-refractivity contribution is 6.29. The SMILES string of the molecule is ClC1=CC=C2C=Cc3occc3[C@H]2C1. The van der Waals surface area contributed by atoms with E-state index in [1.165, 1.54) is 11.1 Å². The maximum absolute atomic E-state index is 6.03. The van der Waals surface area contributed by atoms with Gasteiger partial charge in [-0.05, 0) is 30.2 Å². The van der Waals surface area contributed by atoms with Crippen LogP contribution in [0.25, 0.3) is 6.08 Å². The van der Waals surface area contributed by atoms with Crippen LogP contribution >= 0.6 is 11.6 Å². The Hall–Kier alpha value is -1.21. The summed E-state index contributed by atoms with van der Waals surface area (Å²) in [5.74, 6) is 1.37. The van der Waals surface area contributed by atoms with Crippen molar-refractivity contribution in [1.82, 2.24) is 0 Å². The van der Waals surface area contributed by atoms with E-state index in [9.17, 15) is 0 Å². The van der Waals surface area contributed by atoms with Crippen molar-refractivity contribution in [3.63, 3.8) is 0 Å². The lowest BCUT2D eigenvalue weighted by Gasteiger charge is -2.23. The standard InChI is InChI=1S/C12H9ClO/c13-9-3-1-8-2-4-12-10(5-6-14-12)11(8)7-9/h1-6,11H,7H2/t11-/m0/s1. The third-order valence-corrected chi connectivity index (χ3v) is 3.07. The van der Waals surface area contributed by atoms with Gasteiger partial charge in [0.05, 0.1) is 6.26 Å². The Morgan fingerprint density at radius 2 is 2.21 bits per heavy atom. The van der Waals surface area contributed by atoms with E-state index in [-0.39, 0.29) is 0 Å². The quantitative estimate of drug-likeness (QED) is 0.626. The van der Waals surface area contributed by atoms with E-state index in [1.807, 2.05) is 18.2 Å². The molecule has 14 heavy (non-hydrogen) atoms. The molecule has 3 rings (SSSR count). The molecule has 1 nitrogen and oxygen atoms in total. The molecule has 0 saturated carbocycles. The highest BCUT2D eigenvalue weighted by atomic mass is 35.5. The van der Waals surface area contributed by atoms with Crippen LogP contribution in [0.4, 0.5) is 0 Å². The van der Waals surface area contributed by atoms with Gasteiger partial charge < -0.3 is 4.42 Å². The van der Waals surface area contributed by atoms with E-state index >= 15 is 0 Å². The minimum atomic E-state index is 0.395. The lowest BCUT2D eigenvalue weighted by molar-refractivity contribution is 0.548. The van der Waals surface area contributed by atoms with Crippen LogP contribution in [0.1, 0.15) is 23.7 Å². The molecule has 0 bridgehead atoms. The molecule has 70 valence electrons. The van der Waals surface area contributed by atoms with Crippen LogP contribution in [-0.4, -0.2) is 0 Å². The molecular weight excluding hydrogens is 196 g/mol. The molecule has 0 aromatic carbocycles. The van der Waals surface area contributed by atoms with Crippen LogP contribution in [0.5, 0.6) is 0 Å². The summed E-state index contributed by atoms with van der Waals surface area (Å²) >= 11 is 6.03. The number of furan rings is 1. The van der Waals surface area contributed by atoms with E-state index in [2.05, 4.69) is 12.2 Å². The Balaban J connectivity index is 2.14. The topological polar surface area (TPSA) is 13.1 Å². The highest BCUT2D eigenvalue weighted by Crippen LogP contribution is 2.41. The zero-order valence-electron chi connectivity index (χ0n) is 7.53. The summed E-state index contributed by atoms with van der Waals surface area (Å²) < 4.78 is 5.36. The third-order valence-electron chi connectivity index (χ3n) is 2.79. The van der Waals surface area contributed by atoms with Gasteiger partial charge in [0, 0.05) is 16.5 Å². The van der Waals surface area contributed by atoms with Gasteiger partial charge in [-0.3, -0.25) is 0 Å². The fourth-order valence-corrected chi connectivity index (χ4v) is 2.29. The molecule has 0 N–H and O–H groups in total. The Bertz CT molecular complexity index is 462. The Morgan fingerprint density at radius 1 is 1.29 bits per heavy atom. The minimum Gasteiger partial charge on any atom is -0.465 e. The summed E-state index contributed by atoms with van der Waals surface area (Å²) in [5.41, 5.74) is 2.58. The van der Waals surface area contributed by atoms with Crippen molar-refractivity contribution < 1.29 is 4.42 Å². The molecule has 2 heteroatoms. The number of hydrogen-bond donors (Lipinski definition) is 0. The molecule has 1 aromatic heterocycles. The molecule has 2 aliphatic rings. The number of halogens is 1. The monoisotopic (exact) mass is 204 g/mol. The van der Waals surface area contributed by atoms with E-state index < -0.39 is 0 Å². The van der Waals surface area contributed by atoms with Crippen molar-refractivity contribution in [3.05, 3.63) is 52.5 Å². The summed E-state index contributed by atoms with van der Waals surface area (Å²) in [6.07, 6.45) is 10.8. The number of hydrogen-bond acceptors (Lipinski definition) is 1. The van der Waals surface area contributed by atoms with E-state index in [0.29, 0.717) is 5.92 Å². The zero-order valence-corrected chi connectivity index (χ0v) is 8.29. The molecule has 0 fully saturated rings. The maximum Gasteiger partial charge on any atom is 0.130 e. The van der Waals surface area contributed by atoms with Gasteiger partial charge in [0.1, 0.15) is 5.76 Å². The second kappa shape index (κ2) is 2.89. The molecule has 0 unspecified atom stereocenters. The lowest BCUT2D eigenvalue weighted by Crippen LogP contribution is -2.07. The summed E-state index contributed by atoms with van der Waals surface area (Å²) in [6.45, 7) is 0. The first-order valence-electron chi connectivity index (χ1n) is 4.66. The molecule has 0 saturated heterocycles. The molecule has 0 spiro atoms. The van der Waals surface area contributed by atoms with Crippen LogP contribution in [0, 0.1) is 0 Å². The van der Waals surface area contributed by atoms with Crippen molar-refractivity contribution in [2.45, 2.75) is 12.3 Å². The molecule has 0 amide bonds. The van der Waals surface area contributed by atoms with Crippen molar-refractivity contribution >= 4 is 17.7 Å². The van der Waals surface area contributed by atoms with Gasteiger partial charge in [-0.2, -0.15) is 0 Å². The highest BCUT2D eigenvalue weighted by Gasteiger charge is 2.25. The van der Waals surface area contributed by atoms with Crippen LogP contribution in [0.15, 0.2) is 45.6 Å². The first-order valence-corrected chi connectivity index (χ1v) is 5.04. The van der Waals surface area contributed by atoms with Gasteiger partial charge in [0.25, 0.3) is 0 Å². The first kappa shape index (κ1) is 8.13. The van der Waals surface area contributed by atoms with E-state index in [0.717, 1.165) is 17.2 Å². The first-order chi connectivity index (χ1) is 6.84. The molecular formula is C12H9ClO. The van der Waals surface area contributed by atoms with Gasteiger partial charge >= 0.3 is 0 Å². The third kappa shape index (κ3) is 1.09. The average Bonchev–Trinajstić information content (AvgIpc) is 2.65. The summed E-state index contributed by atoms with van der Waals surface area (Å²) in [5, 5.41) is 0.918. The predicted molar refractivity (Wildman–Crippen MR) is 57.1 cm³/mol. The van der Waals surface area contributed by atoms with Gasteiger partial charge in [-0.1, -0.05) is 23.8 Å². The van der Waals surface area contributed by atoms with Crippen molar-refractivity contribution in [3.8, 4) is 0 Å². The van der Waals surface area contributed by atoms with Gasteiger partial charge in [0.15, 0.2) is 0 Å². The summed E-state index contributed by atoms with van der Waals surface area (Å²) in [4.78, 5) is 0. The smallest absolute Gasteiger partial charge is 0.130 e. The van der Waals surface area contributed by atoms with Crippen molar-refractivity contribution in [2.75, 3.05) is 0 Å². The minimum absolute atomic E-state index is 0.395. The Morgan fingerprint density at radius 3 is 3.14 bits per heavy atom. The Labute approximate surface area is 87.4 Å². The molecule has 1 heterocycles. The number of rotatable bonds is 0. The Kier molecular flexibility index (Phi) is 1.68. The lowest BCUT2D eigenvalue weighted by atomic mass is 9.82. The predicted octanol–water partition coefficient (Wildman–Crippen LogP) is 3.84. The number of allylic oxidation sites excluding steroid dienone is 5. The van der Waals surface area contributed by atoms with Crippen LogP contribution < -0.4 is 0 Å². The zero-order chi connectivity index (χ0) is 9.54. The van der Waals surface area contributed by atoms with Crippen LogP contribution in [-0.2, 0) is 0 Å². The second-order valence-electron chi connectivity index (χ2n) is 3.61. The van der Waals surface area contributed by atoms with Gasteiger partial charge in [0.2, 0.25) is 0 Å². The molecule has 1 aromatic rings. The van der Waals surface area contributed by atoms with E-state index in [4.69, 9.17) is 16.0 Å². The van der Waals surface area contributed by atoms with Crippen LogP contribution in [0.2, 0.25) is 0 Å². The average molecular weight is 205 g/mol. The largest absolute Gasteiger partial charge is 0.465 e. The fraction of sp³-hybridized carbons (Fsp3) is 0.167. The number of fused-ring (bicyclic) bond motifs is 3. The summed E-state index contributed by atoms with van der Waals surface area (Å²) in [7, 11) is 0. The van der Waals surface area contributed by atoms with Crippen molar-refractivity contribution in [1.29, 1.82) is 0 Å².